The summed E-state index contributed by atoms with van der Waals surface area (Å²) in [6.45, 7) is 6.69. The highest BCUT2D eigenvalue weighted by Crippen LogP contribution is 2.38. The van der Waals surface area contributed by atoms with Crippen LogP contribution in [0.3, 0.4) is 0 Å². The van der Waals surface area contributed by atoms with Gasteiger partial charge in [0.25, 0.3) is 0 Å². The minimum atomic E-state index is 0.142. The van der Waals surface area contributed by atoms with Gasteiger partial charge in [-0.05, 0) is 67.5 Å². The summed E-state index contributed by atoms with van der Waals surface area (Å²) in [7, 11) is 0. The van der Waals surface area contributed by atoms with E-state index in [9.17, 15) is 4.79 Å². The van der Waals surface area contributed by atoms with Crippen molar-refractivity contribution in [1.29, 1.82) is 0 Å². The normalized spacial score (nSPS) is 23.7. The molecule has 30 heavy (non-hydrogen) atoms. The average Bonchev–Trinajstić information content (AvgIpc) is 3.43. The smallest absolute Gasteiger partial charge is 0.237 e. The molecule has 0 saturated carbocycles. The molecule has 5 nitrogen and oxygen atoms in total. The lowest BCUT2D eigenvalue weighted by atomic mass is 9.94. The van der Waals surface area contributed by atoms with Crippen LogP contribution in [-0.4, -0.2) is 55.1 Å². The van der Waals surface area contributed by atoms with Gasteiger partial charge >= 0.3 is 0 Å². The molecule has 3 aliphatic heterocycles. The van der Waals surface area contributed by atoms with Gasteiger partial charge in [0, 0.05) is 13.1 Å². The average molecular weight is 407 g/mol. The van der Waals surface area contributed by atoms with Gasteiger partial charge in [0.1, 0.15) is 13.2 Å². The lowest BCUT2D eigenvalue weighted by Crippen LogP contribution is -2.39. The van der Waals surface area contributed by atoms with Crippen LogP contribution >= 0.6 is 0 Å². The lowest BCUT2D eigenvalue weighted by Gasteiger charge is -2.28. The molecule has 2 fully saturated rings. The highest BCUT2D eigenvalue weighted by atomic mass is 16.6. The van der Waals surface area contributed by atoms with Crippen LogP contribution in [0, 0.1) is 6.92 Å². The minimum absolute atomic E-state index is 0.142. The molecule has 3 heterocycles. The Balaban J connectivity index is 1.24. The van der Waals surface area contributed by atoms with E-state index in [0.29, 0.717) is 25.7 Å². The zero-order valence-electron chi connectivity index (χ0n) is 17.7. The number of fused-ring (bicyclic) bond motifs is 1. The second-order valence-electron chi connectivity index (χ2n) is 8.73. The zero-order valence-corrected chi connectivity index (χ0v) is 17.7. The van der Waals surface area contributed by atoms with Crippen LogP contribution < -0.4 is 9.47 Å². The number of hydrogen-bond donors (Lipinski definition) is 0. The molecule has 0 aliphatic carbocycles. The van der Waals surface area contributed by atoms with Crippen molar-refractivity contribution in [3.63, 3.8) is 0 Å². The van der Waals surface area contributed by atoms with Crippen molar-refractivity contribution in [2.75, 3.05) is 39.4 Å². The van der Waals surface area contributed by atoms with Crippen molar-refractivity contribution in [3.8, 4) is 11.5 Å². The van der Waals surface area contributed by atoms with Crippen molar-refractivity contribution < 1.29 is 14.3 Å². The van der Waals surface area contributed by atoms with Gasteiger partial charge in [-0.1, -0.05) is 30.3 Å². The first-order valence-corrected chi connectivity index (χ1v) is 11.2. The highest BCUT2D eigenvalue weighted by Gasteiger charge is 2.33. The fraction of sp³-hybridized carbons (Fsp3) is 0.480. The number of benzene rings is 2. The second-order valence-corrected chi connectivity index (χ2v) is 8.73. The van der Waals surface area contributed by atoms with E-state index in [1.807, 2.05) is 6.07 Å². The Hall–Kier alpha value is -2.53. The Morgan fingerprint density at radius 1 is 1.03 bits per heavy atom. The van der Waals surface area contributed by atoms with Crippen LogP contribution in [-0.2, 0) is 4.79 Å². The summed E-state index contributed by atoms with van der Waals surface area (Å²) in [5, 5.41) is 0. The number of carbonyl (C=O) groups is 1. The van der Waals surface area contributed by atoms with E-state index in [4.69, 9.17) is 9.47 Å². The third-order valence-corrected chi connectivity index (χ3v) is 6.78. The van der Waals surface area contributed by atoms with E-state index < -0.39 is 0 Å². The number of rotatable bonds is 4. The number of aryl methyl sites for hydroxylation is 1. The van der Waals surface area contributed by atoms with Crippen molar-refractivity contribution in [1.82, 2.24) is 9.80 Å². The molecule has 2 aromatic carbocycles. The number of carbonyl (C=O) groups excluding carboxylic acids is 1. The van der Waals surface area contributed by atoms with Crippen LogP contribution in [0.4, 0.5) is 0 Å². The molecule has 0 radical (unpaired) electrons. The molecule has 0 aromatic heterocycles. The quantitative estimate of drug-likeness (QED) is 0.772. The van der Waals surface area contributed by atoms with Crippen LogP contribution in [0.25, 0.3) is 0 Å². The maximum atomic E-state index is 13.2. The molecule has 158 valence electrons. The van der Waals surface area contributed by atoms with Crippen molar-refractivity contribution in [2.45, 2.75) is 38.1 Å². The van der Waals surface area contributed by atoms with Crippen LogP contribution in [0.1, 0.15) is 47.9 Å². The van der Waals surface area contributed by atoms with Gasteiger partial charge in [0.05, 0.1) is 12.6 Å². The minimum Gasteiger partial charge on any atom is -0.486 e. The monoisotopic (exact) mass is 406 g/mol. The van der Waals surface area contributed by atoms with Gasteiger partial charge in [0.2, 0.25) is 5.91 Å². The molecule has 2 saturated heterocycles. The Morgan fingerprint density at radius 3 is 2.73 bits per heavy atom. The summed E-state index contributed by atoms with van der Waals surface area (Å²) in [6.07, 6.45) is 3.19. The highest BCUT2D eigenvalue weighted by molar-refractivity contribution is 5.79. The molecule has 0 bridgehead atoms. The summed E-state index contributed by atoms with van der Waals surface area (Å²) in [4.78, 5) is 17.6. The van der Waals surface area contributed by atoms with E-state index in [-0.39, 0.29) is 11.9 Å². The maximum Gasteiger partial charge on any atom is 0.237 e. The van der Waals surface area contributed by atoms with Gasteiger partial charge in [0.15, 0.2) is 11.5 Å². The summed E-state index contributed by atoms with van der Waals surface area (Å²) in [6, 6.07) is 14.9. The number of ether oxygens (including phenoxy) is 2. The first-order chi connectivity index (χ1) is 14.7. The lowest BCUT2D eigenvalue weighted by molar-refractivity contribution is -0.133. The molecular formula is C25H30N2O3. The number of amides is 1. The molecule has 2 unspecified atom stereocenters. The van der Waals surface area contributed by atoms with Gasteiger partial charge in [-0.15, -0.1) is 0 Å². The van der Waals surface area contributed by atoms with E-state index in [1.54, 1.807) is 0 Å². The molecule has 2 aromatic rings. The first-order valence-electron chi connectivity index (χ1n) is 11.2. The molecule has 5 rings (SSSR count). The third-order valence-electron chi connectivity index (χ3n) is 6.78. The standard InChI is InChI=1S/C25H30N2O3/c1-18-5-2-3-6-21(18)20-10-12-26(16-20)17-25(28)27-11-4-7-22(27)19-8-9-23-24(15-19)30-14-13-29-23/h2-3,5-6,8-9,15,20,22H,4,7,10-14,16-17H2,1H3. The molecule has 0 spiro atoms. The van der Waals surface area contributed by atoms with Gasteiger partial charge in [-0.2, -0.15) is 0 Å². The second kappa shape index (κ2) is 8.31. The summed E-state index contributed by atoms with van der Waals surface area (Å²) >= 11 is 0. The maximum absolute atomic E-state index is 13.2. The molecule has 5 heteroatoms. The Morgan fingerprint density at radius 2 is 1.87 bits per heavy atom. The van der Waals surface area contributed by atoms with Crippen LogP contribution in [0.15, 0.2) is 42.5 Å². The van der Waals surface area contributed by atoms with E-state index in [2.05, 4.69) is 53.1 Å². The summed E-state index contributed by atoms with van der Waals surface area (Å²) in [5.41, 5.74) is 3.95. The Kier molecular flexibility index (Phi) is 5.38. The predicted molar refractivity (Wildman–Crippen MR) is 116 cm³/mol. The molecule has 2 atom stereocenters. The predicted octanol–water partition coefficient (Wildman–Crippen LogP) is 3.92. The number of likely N-dealkylation sites (tertiary alicyclic amines) is 2. The topological polar surface area (TPSA) is 42.0 Å². The van der Waals surface area contributed by atoms with E-state index >= 15 is 0 Å². The Labute approximate surface area is 178 Å². The van der Waals surface area contributed by atoms with Gasteiger partial charge in [-0.25, -0.2) is 0 Å². The van der Waals surface area contributed by atoms with Crippen molar-refractivity contribution >= 4 is 5.91 Å². The van der Waals surface area contributed by atoms with Gasteiger partial charge < -0.3 is 14.4 Å². The SMILES string of the molecule is Cc1ccccc1C1CCN(CC(=O)N2CCCC2c2ccc3c(c2)OCCO3)C1. The number of nitrogens with zero attached hydrogens (tertiary/aromatic N) is 2. The van der Waals surface area contributed by atoms with Crippen LogP contribution in [0.5, 0.6) is 11.5 Å². The van der Waals surface area contributed by atoms with E-state index in [0.717, 1.165) is 56.0 Å². The molecule has 3 aliphatic rings. The molecular weight excluding hydrogens is 376 g/mol. The van der Waals surface area contributed by atoms with E-state index in [1.165, 1.54) is 11.1 Å². The zero-order chi connectivity index (χ0) is 20.5. The Bertz CT molecular complexity index is 928. The molecule has 0 N–H and O–H groups in total. The first kappa shape index (κ1) is 19.4. The largest absolute Gasteiger partial charge is 0.486 e. The fourth-order valence-corrected chi connectivity index (χ4v) is 5.24. The number of hydrogen-bond acceptors (Lipinski definition) is 4. The summed E-state index contributed by atoms with van der Waals surface area (Å²) in [5.74, 6) is 2.39. The summed E-state index contributed by atoms with van der Waals surface area (Å²) < 4.78 is 11.4. The van der Waals surface area contributed by atoms with Crippen molar-refractivity contribution in [2.24, 2.45) is 0 Å². The van der Waals surface area contributed by atoms with Gasteiger partial charge in [-0.3, -0.25) is 9.69 Å². The third kappa shape index (κ3) is 3.79. The fourth-order valence-electron chi connectivity index (χ4n) is 5.24. The molecule has 1 amide bonds. The van der Waals surface area contributed by atoms with Crippen LogP contribution in [0.2, 0.25) is 0 Å². The van der Waals surface area contributed by atoms with Crippen molar-refractivity contribution in [3.05, 3.63) is 59.2 Å².